The molecule has 0 amide bonds. The van der Waals surface area contributed by atoms with Crippen molar-refractivity contribution in [2.45, 2.75) is 26.1 Å². The smallest absolute Gasteiger partial charge is 0.169 e. The van der Waals surface area contributed by atoms with E-state index < -0.39 is 0 Å². The van der Waals surface area contributed by atoms with E-state index in [9.17, 15) is 0 Å². The third-order valence-corrected chi connectivity index (χ3v) is 3.82. The third kappa shape index (κ3) is 7.12. The maximum absolute atomic E-state index is 6.18. The first-order valence-corrected chi connectivity index (χ1v) is 9.34. The summed E-state index contributed by atoms with van der Waals surface area (Å²) in [5, 5.41) is 0. The Kier molecular flexibility index (Phi) is 7.95. The molecule has 2 aromatic carbocycles. The summed E-state index contributed by atoms with van der Waals surface area (Å²) < 4.78 is 18.4. The molecule has 5 nitrogen and oxygen atoms in total. The van der Waals surface area contributed by atoms with Crippen molar-refractivity contribution in [3.63, 3.8) is 0 Å². The van der Waals surface area contributed by atoms with Crippen LogP contribution in [0.25, 0.3) is 0 Å². The predicted molar refractivity (Wildman–Crippen MR) is 110 cm³/mol. The number of likely N-dealkylation sites (N-methyl/N-ethyl adjacent to an activating group) is 2. The van der Waals surface area contributed by atoms with Gasteiger partial charge in [-0.25, -0.2) is 0 Å². The maximum atomic E-state index is 6.18. The van der Waals surface area contributed by atoms with Gasteiger partial charge in [0.05, 0.1) is 0 Å². The number of ether oxygens (including phenoxy) is 3. The molecule has 0 aliphatic carbocycles. The van der Waals surface area contributed by atoms with Gasteiger partial charge in [0.15, 0.2) is 23.0 Å². The van der Waals surface area contributed by atoms with E-state index in [-0.39, 0.29) is 12.2 Å². The fraction of sp³-hybridized carbons (Fsp3) is 0.455. The minimum atomic E-state index is 0.0522. The summed E-state index contributed by atoms with van der Waals surface area (Å²) in [6, 6.07) is 15.5. The normalized spacial score (nSPS) is 13.5. The van der Waals surface area contributed by atoms with Crippen molar-refractivity contribution < 1.29 is 14.2 Å². The van der Waals surface area contributed by atoms with Crippen molar-refractivity contribution in [1.82, 2.24) is 9.80 Å². The lowest BCUT2D eigenvalue weighted by atomic mass is 10.3. The van der Waals surface area contributed by atoms with Crippen LogP contribution in [0.2, 0.25) is 0 Å². The van der Waals surface area contributed by atoms with Crippen molar-refractivity contribution >= 4 is 0 Å². The van der Waals surface area contributed by atoms with E-state index in [2.05, 4.69) is 23.6 Å². The topological polar surface area (TPSA) is 34.2 Å². The zero-order valence-corrected chi connectivity index (χ0v) is 17.3. The van der Waals surface area contributed by atoms with Gasteiger partial charge in [0, 0.05) is 13.1 Å². The van der Waals surface area contributed by atoms with E-state index in [1.807, 2.05) is 76.7 Å². The summed E-state index contributed by atoms with van der Waals surface area (Å²) in [7, 11) is 8.13. The number of rotatable bonds is 10. The standard InChI is InChI=1S/C22H32N2O3/c1-17(15-23(3)4)25-19-11-7-9-13-21(19)27-22-14-10-8-12-20(22)26-18(2)16-24(5)6/h7-14,17-18H,15-16H2,1-6H3. The molecule has 0 aliphatic rings. The molecule has 148 valence electrons. The minimum Gasteiger partial charge on any atom is -0.485 e. The van der Waals surface area contributed by atoms with Crippen molar-refractivity contribution in [3.8, 4) is 23.0 Å². The minimum absolute atomic E-state index is 0.0522. The molecule has 0 spiro atoms. The highest BCUT2D eigenvalue weighted by molar-refractivity contribution is 5.47. The van der Waals surface area contributed by atoms with Crippen LogP contribution in [0.1, 0.15) is 13.8 Å². The van der Waals surface area contributed by atoms with Gasteiger partial charge >= 0.3 is 0 Å². The van der Waals surface area contributed by atoms with Crippen LogP contribution in [-0.2, 0) is 0 Å². The van der Waals surface area contributed by atoms with Crippen molar-refractivity contribution in [2.75, 3.05) is 41.3 Å². The molecule has 0 aromatic heterocycles. The summed E-state index contributed by atoms with van der Waals surface area (Å²) in [5.41, 5.74) is 0. The number of benzene rings is 2. The molecule has 0 saturated carbocycles. The molecule has 0 saturated heterocycles. The average molecular weight is 373 g/mol. The zero-order valence-electron chi connectivity index (χ0n) is 17.3. The number of nitrogens with zero attached hydrogens (tertiary/aromatic N) is 2. The lowest BCUT2D eigenvalue weighted by molar-refractivity contribution is 0.167. The fourth-order valence-electron chi connectivity index (χ4n) is 2.92. The van der Waals surface area contributed by atoms with Crippen molar-refractivity contribution in [2.24, 2.45) is 0 Å². The van der Waals surface area contributed by atoms with Crippen LogP contribution in [0.4, 0.5) is 0 Å². The summed E-state index contributed by atoms with van der Waals surface area (Å²) in [4.78, 5) is 4.20. The Balaban J connectivity index is 2.15. The molecule has 0 aliphatic heterocycles. The lowest BCUT2D eigenvalue weighted by Gasteiger charge is -2.22. The average Bonchev–Trinajstić information content (AvgIpc) is 2.57. The molecule has 0 N–H and O–H groups in total. The second-order valence-electron chi connectivity index (χ2n) is 7.38. The molecule has 2 unspecified atom stereocenters. The Labute approximate surface area is 163 Å². The van der Waals surface area contributed by atoms with Crippen LogP contribution in [-0.4, -0.2) is 63.3 Å². The van der Waals surface area contributed by atoms with E-state index in [1.165, 1.54) is 0 Å². The lowest BCUT2D eigenvalue weighted by Crippen LogP contribution is -2.28. The Hall–Kier alpha value is -2.24. The molecule has 0 fully saturated rings. The van der Waals surface area contributed by atoms with Gasteiger partial charge in [-0.15, -0.1) is 0 Å². The first kappa shape index (κ1) is 21.1. The predicted octanol–water partition coefficient (Wildman–Crippen LogP) is 4.14. The van der Waals surface area contributed by atoms with E-state index >= 15 is 0 Å². The summed E-state index contributed by atoms with van der Waals surface area (Å²) in [5.74, 6) is 2.81. The van der Waals surface area contributed by atoms with Crippen molar-refractivity contribution in [3.05, 3.63) is 48.5 Å². The van der Waals surface area contributed by atoms with Crippen LogP contribution in [0.15, 0.2) is 48.5 Å². The summed E-state index contributed by atoms with van der Waals surface area (Å²) >= 11 is 0. The van der Waals surface area contributed by atoms with Gasteiger partial charge in [0.25, 0.3) is 0 Å². The van der Waals surface area contributed by atoms with Gasteiger partial charge in [-0.2, -0.15) is 0 Å². The van der Waals surface area contributed by atoms with E-state index in [0.29, 0.717) is 11.5 Å². The Morgan fingerprint density at radius 3 is 1.30 bits per heavy atom. The molecular weight excluding hydrogens is 340 g/mol. The highest BCUT2D eigenvalue weighted by atomic mass is 16.5. The first-order valence-electron chi connectivity index (χ1n) is 9.34. The largest absolute Gasteiger partial charge is 0.485 e. The highest BCUT2D eigenvalue weighted by Gasteiger charge is 2.14. The van der Waals surface area contributed by atoms with E-state index in [0.717, 1.165) is 24.6 Å². The molecule has 0 heterocycles. The molecule has 27 heavy (non-hydrogen) atoms. The Bertz CT molecular complexity index is 644. The molecule has 2 rings (SSSR count). The van der Waals surface area contributed by atoms with E-state index in [4.69, 9.17) is 14.2 Å². The van der Waals surface area contributed by atoms with Crippen LogP contribution in [0.3, 0.4) is 0 Å². The molecule has 2 atom stereocenters. The molecule has 5 heteroatoms. The maximum Gasteiger partial charge on any atom is 0.169 e. The molecule has 2 aromatic rings. The monoisotopic (exact) mass is 372 g/mol. The van der Waals surface area contributed by atoms with E-state index in [1.54, 1.807) is 0 Å². The van der Waals surface area contributed by atoms with Gasteiger partial charge in [0.2, 0.25) is 0 Å². The molecular formula is C22H32N2O3. The van der Waals surface area contributed by atoms with Crippen LogP contribution in [0.5, 0.6) is 23.0 Å². The number of para-hydroxylation sites is 4. The SMILES string of the molecule is CC(CN(C)C)Oc1ccccc1Oc1ccccc1OC(C)CN(C)C. The van der Waals surface area contributed by atoms with Crippen LogP contribution < -0.4 is 14.2 Å². The van der Waals surface area contributed by atoms with Crippen LogP contribution in [0, 0.1) is 0 Å². The second-order valence-corrected chi connectivity index (χ2v) is 7.38. The molecule has 0 bridgehead atoms. The summed E-state index contributed by atoms with van der Waals surface area (Å²) in [6.45, 7) is 5.76. The number of hydrogen-bond donors (Lipinski definition) is 0. The van der Waals surface area contributed by atoms with Gasteiger partial charge in [-0.05, 0) is 66.3 Å². The summed E-state index contributed by atoms with van der Waals surface area (Å²) in [6.07, 6.45) is 0.104. The van der Waals surface area contributed by atoms with Gasteiger partial charge in [0.1, 0.15) is 12.2 Å². The second kappa shape index (κ2) is 10.2. The zero-order chi connectivity index (χ0) is 19.8. The van der Waals surface area contributed by atoms with Crippen LogP contribution >= 0.6 is 0 Å². The highest BCUT2D eigenvalue weighted by Crippen LogP contribution is 2.37. The first-order chi connectivity index (χ1) is 12.8. The van der Waals surface area contributed by atoms with Gasteiger partial charge in [-0.3, -0.25) is 0 Å². The Morgan fingerprint density at radius 2 is 0.963 bits per heavy atom. The fourth-order valence-corrected chi connectivity index (χ4v) is 2.92. The van der Waals surface area contributed by atoms with Gasteiger partial charge in [-0.1, -0.05) is 24.3 Å². The quantitative estimate of drug-likeness (QED) is 0.626. The van der Waals surface area contributed by atoms with Crippen molar-refractivity contribution in [1.29, 1.82) is 0 Å². The van der Waals surface area contributed by atoms with Gasteiger partial charge < -0.3 is 24.0 Å². The molecule has 0 radical (unpaired) electrons. The Morgan fingerprint density at radius 1 is 0.630 bits per heavy atom. The number of hydrogen-bond acceptors (Lipinski definition) is 5. The third-order valence-electron chi connectivity index (χ3n) is 3.82.